The number of aliphatic carboxylic acids is 2. The minimum atomic E-state index is -2.02. The third-order valence-electron chi connectivity index (χ3n) is 3.81. The van der Waals surface area contributed by atoms with Crippen molar-refractivity contribution in [3.05, 3.63) is 60.7 Å². The van der Waals surface area contributed by atoms with Crippen LogP contribution in [-0.4, -0.2) is 35.4 Å². The number of benzene rings is 2. The summed E-state index contributed by atoms with van der Waals surface area (Å²) in [6.45, 7) is -0.231. The van der Waals surface area contributed by atoms with Gasteiger partial charge in [-0.15, -0.1) is 0 Å². The monoisotopic (exact) mass is 344 g/mol. The summed E-state index contributed by atoms with van der Waals surface area (Å²) in [6.07, 6.45) is 0.170. The van der Waals surface area contributed by atoms with Gasteiger partial charge in [-0.1, -0.05) is 36.4 Å². The Bertz CT molecular complexity index is 670. The van der Waals surface area contributed by atoms with Gasteiger partial charge >= 0.3 is 11.9 Å². The molecule has 132 valence electrons. The highest BCUT2D eigenvalue weighted by Crippen LogP contribution is 2.27. The Hall–Kier alpha value is -3.02. The lowest BCUT2D eigenvalue weighted by Crippen LogP contribution is -2.44. The molecule has 2 rings (SSSR count). The van der Waals surface area contributed by atoms with Gasteiger partial charge in [-0.05, 0) is 37.1 Å². The first-order valence-corrected chi connectivity index (χ1v) is 7.87. The number of hydrogen-bond donors (Lipinski definition) is 2. The Morgan fingerprint density at radius 2 is 1.28 bits per heavy atom. The molecule has 6 heteroatoms. The average molecular weight is 344 g/mol. The summed E-state index contributed by atoms with van der Waals surface area (Å²) in [6, 6.07) is 17.6. The van der Waals surface area contributed by atoms with E-state index in [0.717, 1.165) is 0 Å². The first-order chi connectivity index (χ1) is 12.0. The van der Waals surface area contributed by atoms with E-state index in [9.17, 15) is 19.8 Å². The molecular weight excluding hydrogens is 324 g/mol. The van der Waals surface area contributed by atoms with Gasteiger partial charge < -0.3 is 19.7 Å². The predicted molar refractivity (Wildman–Crippen MR) is 90.8 cm³/mol. The van der Waals surface area contributed by atoms with Crippen molar-refractivity contribution in [3.8, 4) is 11.5 Å². The maximum absolute atomic E-state index is 11.6. The minimum absolute atomic E-state index is 0.0999. The molecule has 0 aliphatic rings. The maximum Gasteiger partial charge on any atom is 0.324 e. The van der Waals surface area contributed by atoms with Crippen LogP contribution in [0.1, 0.15) is 12.8 Å². The Morgan fingerprint density at radius 1 is 0.800 bits per heavy atom. The van der Waals surface area contributed by atoms with E-state index in [0.29, 0.717) is 11.5 Å². The third kappa shape index (κ3) is 4.97. The molecule has 0 aliphatic heterocycles. The lowest BCUT2D eigenvalue weighted by atomic mass is 9.84. The first-order valence-electron chi connectivity index (χ1n) is 7.87. The molecule has 25 heavy (non-hydrogen) atoms. The molecule has 6 nitrogen and oxygen atoms in total. The zero-order chi connectivity index (χ0) is 18.1. The second kappa shape index (κ2) is 8.73. The summed E-state index contributed by atoms with van der Waals surface area (Å²) in [5.74, 6) is -1.76. The van der Waals surface area contributed by atoms with Crippen molar-refractivity contribution in [2.24, 2.45) is 5.41 Å². The van der Waals surface area contributed by atoms with Crippen LogP contribution < -0.4 is 9.47 Å². The van der Waals surface area contributed by atoms with Crippen LogP contribution >= 0.6 is 0 Å². The molecule has 2 aromatic rings. The van der Waals surface area contributed by atoms with Crippen molar-refractivity contribution in [1.82, 2.24) is 0 Å². The Morgan fingerprint density at radius 3 is 1.76 bits per heavy atom. The fraction of sp³-hybridized carbons (Fsp3) is 0.263. The molecule has 0 heterocycles. The standard InChI is InChI=1S/C19H20O6/c20-17(21)19(18(22)23,14-25-16-10-5-2-6-11-16)12-7-13-24-15-8-3-1-4-9-15/h1-6,8-11H,7,12-14H2,(H,20,21)(H,22,23). The zero-order valence-corrected chi connectivity index (χ0v) is 13.6. The number of rotatable bonds is 10. The van der Waals surface area contributed by atoms with Gasteiger partial charge in [-0.25, -0.2) is 0 Å². The molecule has 0 amide bonds. The molecule has 0 atom stereocenters. The lowest BCUT2D eigenvalue weighted by molar-refractivity contribution is -0.167. The molecule has 0 saturated carbocycles. The third-order valence-corrected chi connectivity index (χ3v) is 3.81. The largest absolute Gasteiger partial charge is 0.494 e. The Labute approximate surface area is 145 Å². The topological polar surface area (TPSA) is 93.1 Å². The van der Waals surface area contributed by atoms with E-state index in [-0.39, 0.29) is 19.4 Å². The summed E-state index contributed by atoms with van der Waals surface area (Å²) in [5, 5.41) is 19.0. The van der Waals surface area contributed by atoms with E-state index in [1.807, 2.05) is 18.2 Å². The highest BCUT2D eigenvalue weighted by atomic mass is 16.5. The van der Waals surface area contributed by atoms with Crippen molar-refractivity contribution in [2.75, 3.05) is 13.2 Å². The quantitative estimate of drug-likeness (QED) is 0.508. The van der Waals surface area contributed by atoms with Gasteiger partial charge in [-0.2, -0.15) is 0 Å². The number of ether oxygens (including phenoxy) is 2. The Balaban J connectivity index is 1.97. The van der Waals surface area contributed by atoms with Gasteiger partial charge in [0.2, 0.25) is 0 Å². The molecule has 0 unspecified atom stereocenters. The van der Waals surface area contributed by atoms with E-state index < -0.39 is 24.0 Å². The van der Waals surface area contributed by atoms with Gasteiger partial charge in [0.15, 0.2) is 5.41 Å². The van der Waals surface area contributed by atoms with Gasteiger partial charge in [-0.3, -0.25) is 9.59 Å². The number of para-hydroxylation sites is 2. The van der Waals surface area contributed by atoms with Crippen LogP contribution in [-0.2, 0) is 9.59 Å². The summed E-state index contributed by atoms with van der Waals surface area (Å²) in [7, 11) is 0. The van der Waals surface area contributed by atoms with Gasteiger partial charge in [0.1, 0.15) is 18.1 Å². The fourth-order valence-corrected chi connectivity index (χ4v) is 2.30. The summed E-state index contributed by atoms with van der Waals surface area (Å²) >= 11 is 0. The second-order valence-corrected chi connectivity index (χ2v) is 5.56. The number of hydrogen-bond acceptors (Lipinski definition) is 4. The molecule has 0 saturated heterocycles. The molecule has 0 spiro atoms. The molecular formula is C19H20O6. The van der Waals surface area contributed by atoms with Gasteiger partial charge in [0.25, 0.3) is 0 Å². The molecule has 0 aromatic heterocycles. The zero-order valence-electron chi connectivity index (χ0n) is 13.6. The van der Waals surface area contributed by atoms with Crippen LogP contribution in [0.15, 0.2) is 60.7 Å². The van der Waals surface area contributed by atoms with Crippen molar-refractivity contribution < 1.29 is 29.3 Å². The molecule has 0 fully saturated rings. The van der Waals surface area contributed by atoms with E-state index in [1.165, 1.54) is 0 Å². The van der Waals surface area contributed by atoms with Crippen molar-refractivity contribution in [1.29, 1.82) is 0 Å². The van der Waals surface area contributed by atoms with Crippen molar-refractivity contribution in [3.63, 3.8) is 0 Å². The SMILES string of the molecule is O=C(O)C(CCCOc1ccccc1)(COc1ccccc1)C(=O)O. The van der Waals surface area contributed by atoms with Gasteiger partial charge in [0.05, 0.1) is 6.61 Å². The molecule has 0 aliphatic carbocycles. The van der Waals surface area contributed by atoms with E-state index in [2.05, 4.69) is 0 Å². The van der Waals surface area contributed by atoms with E-state index >= 15 is 0 Å². The Kier molecular flexibility index (Phi) is 6.39. The average Bonchev–Trinajstić information content (AvgIpc) is 2.62. The highest BCUT2D eigenvalue weighted by molar-refractivity contribution is 5.98. The van der Waals surface area contributed by atoms with E-state index in [1.54, 1.807) is 42.5 Å². The lowest BCUT2D eigenvalue weighted by Gasteiger charge is -2.25. The number of carboxylic acids is 2. The fourth-order valence-electron chi connectivity index (χ4n) is 2.30. The van der Waals surface area contributed by atoms with Crippen LogP contribution in [0.5, 0.6) is 11.5 Å². The second-order valence-electron chi connectivity index (χ2n) is 5.56. The normalized spacial score (nSPS) is 10.9. The van der Waals surface area contributed by atoms with Crippen LogP contribution in [0.25, 0.3) is 0 Å². The summed E-state index contributed by atoms with van der Waals surface area (Å²) in [4.78, 5) is 23.3. The number of carbonyl (C=O) groups is 2. The smallest absolute Gasteiger partial charge is 0.324 e. The summed E-state index contributed by atoms with van der Waals surface area (Å²) < 4.78 is 10.9. The summed E-state index contributed by atoms with van der Waals surface area (Å²) in [5.41, 5.74) is -2.02. The van der Waals surface area contributed by atoms with Crippen molar-refractivity contribution >= 4 is 11.9 Å². The maximum atomic E-state index is 11.6. The van der Waals surface area contributed by atoms with Gasteiger partial charge in [0, 0.05) is 0 Å². The molecule has 2 N–H and O–H groups in total. The predicted octanol–water partition coefficient (Wildman–Crippen LogP) is 3.08. The molecule has 0 bridgehead atoms. The van der Waals surface area contributed by atoms with Crippen LogP contribution in [0, 0.1) is 5.41 Å². The van der Waals surface area contributed by atoms with Crippen molar-refractivity contribution in [2.45, 2.75) is 12.8 Å². The highest BCUT2D eigenvalue weighted by Gasteiger charge is 2.47. The van der Waals surface area contributed by atoms with Crippen LogP contribution in [0.2, 0.25) is 0 Å². The van der Waals surface area contributed by atoms with E-state index in [4.69, 9.17) is 9.47 Å². The first kappa shape index (κ1) is 18.3. The number of carboxylic acid groups (broad SMARTS) is 2. The van der Waals surface area contributed by atoms with Crippen LogP contribution in [0.3, 0.4) is 0 Å². The van der Waals surface area contributed by atoms with Crippen LogP contribution in [0.4, 0.5) is 0 Å². The molecule has 2 aromatic carbocycles. The molecule has 0 radical (unpaired) electrons. The minimum Gasteiger partial charge on any atom is -0.494 e.